The number of nitrogens with zero attached hydrogens (tertiary/aromatic N) is 1. The van der Waals surface area contributed by atoms with E-state index in [0.29, 0.717) is 6.07 Å². The molecule has 1 aliphatic rings. The second-order valence-corrected chi connectivity index (χ2v) is 5.85. The van der Waals surface area contributed by atoms with Crippen molar-refractivity contribution in [1.29, 1.82) is 0 Å². The maximum Gasteiger partial charge on any atom is 0.318 e. The standard InChI is InChI=1S/C15H14FNO6/c1-14(12(18)19)5-2-6-15(8-14,13(20)21)10-4-3-9(17(22)23)7-11(10)16/h2-4,6-7H,5,8H2,1H3,(H,18,19)(H,20,21). The summed E-state index contributed by atoms with van der Waals surface area (Å²) < 4.78 is 14.3. The molecule has 2 N–H and O–H groups in total. The Bertz CT molecular complexity index is 731. The maximum absolute atomic E-state index is 14.3. The van der Waals surface area contributed by atoms with Gasteiger partial charge in [0.25, 0.3) is 5.69 Å². The molecule has 1 aromatic carbocycles. The quantitative estimate of drug-likeness (QED) is 0.499. The Labute approximate surface area is 130 Å². The molecule has 0 saturated carbocycles. The molecule has 2 atom stereocenters. The minimum Gasteiger partial charge on any atom is -0.481 e. The number of allylic oxidation sites excluding steroid dienone is 1. The smallest absolute Gasteiger partial charge is 0.318 e. The first-order valence-corrected chi connectivity index (χ1v) is 6.71. The molecule has 2 rings (SSSR count). The van der Waals surface area contributed by atoms with Crippen molar-refractivity contribution < 1.29 is 29.1 Å². The predicted octanol–water partition coefficient (Wildman–Crippen LogP) is 2.50. The van der Waals surface area contributed by atoms with Crippen LogP contribution < -0.4 is 0 Å². The van der Waals surface area contributed by atoms with Crippen LogP contribution in [0.2, 0.25) is 0 Å². The average molecular weight is 323 g/mol. The lowest BCUT2D eigenvalue weighted by atomic mass is 9.63. The molecule has 8 heteroatoms. The monoisotopic (exact) mass is 323 g/mol. The fourth-order valence-electron chi connectivity index (χ4n) is 2.86. The number of non-ortho nitro benzene ring substituents is 1. The summed E-state index contributed by atoms with van der Waals surface area (Å²) in [5.41, 5.74) is -4.06. The Morgan fingerprint density at radius 3 is 2.43 bits per heavy atom. The van der Waals surface area contributed by atoms with E-state index in [1.165, 1.54) is 19.1 Å². The van der Waals surface area contributed by atoms with Crippen LogP contribution in [0.5, 0.6) is 0 Å². The molecule has 0 bridgehead atoms. The van der Waals surface area contributed by atoms with Crippen LogP contribution in [0, 0.1) is 21.3 Å². The molecular weight excluding hydrogens is 309 g/mol. The molecule has 23 heavy (non-hydrogen) atoms. The molecular formula is C15H14FNO6. The van der Waals surface area contributed by atoms with Gasteiger partial charge in [0.1, 0.15) is 11.2 Å². The zero-order chi connectivity index (χ0) is 17.4. The van der Waals surface area contributed by atoms with Crippen LogP contribution in [0.1, 0.15) is 25.3 Å². The third kappa shape index (κ3) is 2.67. The van der Waals surface area contributed by atoms with Gasteiger partial charge in [-0.15, -0.1) is 0 Å². The van der Waals surface area contributed by atoms with Crippen molar-refractivity contribution in [2.45, 2.75) is 25.2 Å². The zero-order valence-electron chi connectivity index (χ0n) is 12.2. The van der Waals surface area contributed by atoms with Crippen LogP contribution in [0.3, 0.4) is 0 Å². The van der Waals surface area contributed by atoms with Gasteiger partial charge in [0.05, 0.1) is 16.4 Å². The van der Waals surface area contributed by atoms with Gasteiger partial charge < -0.3 is 10.2 Å². The molecule has 7 nitrogen and oxygen atoms in total. The van der Waals surface area contributed by atoms with Crippen LogP contribution in [-0.4, -0.2) is 27.1 Å². The minimum atomic E-state index is -1.88. The topological polar surface area (TPSA) is 118 Å². The molecule has 0 spiro atoms. The predicted molar refractivity (Wildman–Crippen MR) is 76.5 cm³/mol. The normalized spacial score (nSPS) is 26.7. The Kier molecular flexibility index (Phi) is 3.94. The number of benzene rings is 1. The number of carboxylic acid groups (broad SMARTS) is 2. The van der Waals surface area contributed by atoms with Gasteiger partial charge in [-0.1, -0.05) is 12.2 Å². The van der Waals surface area contributed by atoms with Crippen molar-refractivity contribution >= 4 is 17.6 Å². The first kappa shape index (κ1) is 16.6. The second kappa shape index (κ2) is 5.45. The number of nitro benzene ring substituents is 1. The Hall–Kier alpha value is -2.77. The van der Waals surface area contributed by atoms with Crippen LogP contribution in [0.4, 0.5) is 10.1 Å². The fraction of sp³-hybridized carbons (Fsp3) is 0.333. The molecule has 0 heterocycles. The summed E-state index contributed by atoms with van der Waals surface area (Å²) in [6, 6.07) is 2.67. The molecule has 122 valence electrons. The molecule has 0 amide bonds. The van der Waals surface area contributed by atoms with E-state index in [4.69, 9.17) is 0 Å². The number of hydrogen-bond donors (Lipinski definition) is 2. The Morgan fingerprint density at radius 1 is 1.30 bits per heavy atom. The highest BCUT2D eigenvalue weighted by atomic mass is 19.1. The summed E-state index contributed by atoms with van der Waals surface area (Å²) >= 11 is 0. The van der Waals surface area contributed by atoms with Crippen molar-refractivity contribution in [3.63, 3.8) is 0 Å². The highest BCUT2D eigenvalue weighted by molar-refractivity contribution is 5.87. The number of rotatable bonds is 4. The lowest BCUT2D eigenvalue weighted by Crippen LogP contribution is -2.45. The lowest BCUT2D eigenvalue weighted by Gasteiger charge is -2.38. The van der Waals surface area contributed by atoms with Crippen LogP contribution in [0.25, 0.3) is 0 Å². The van der Waals surface area contributed by atoms with Crippen LogP contribution in [-0.2, 0) is 15.0 Å². The molecule has 0 aromatic heterocycles. The Morgan fingerprint density at radius 2 is 1.96 bits per heavy atom. The highest BCUT2D eigenvalue weighted by Gasteiger charge is 2.50. The molecule has 1 aromatic rings. The van der Waals surface area contributed by atoms with E-state index < -0.39 is 39.2 Å². The zero-order valence-corrected chi connectivity index (χ0v) is 12.2. The third-order valence-corrected chi connectivity index (χ3v) is 4.18. The highest BCUT2D eigenvalue weighted by Crippen LogP contribution is 2.46. The van der Waals surface area contributed by atoms with Gasteiger partial charge in [-0.05, 0) is 25.8 Å². The summed E-state index contributed by atoms with van der Waals surface area (Å²) in [4.78, 5) is 33.1. The van der Waals surface area contributed by atoms with Gasteiger partial charge in [0.2, 0.25) is 0 Å². The van der Waals surface area contributed by atoms with E-state index in [1.54, 1.807) is 0 Å². The largest absolute Gasteiger partial charge is 0.481 e. The molecule has 0 saturated heterocycles. The van der Waals surface area contributed by atoms with Crippen LogP contribution >= 0.6 is 0 Å². The third-order valence-electron chi connectivity index (χ3n) is 4.18. The van der Waals surface area contributed by atoms with E-state index in [2.05, 4.69) is 0 Å². The van der Waals surface area contributed by atoms with Gasteiger partial charge >= 0.3 is 11.9 Å². The number of halogens is 1. The first-order valence-electron chi connectivity index (χ1n) is 6.71. The van der Waals surface area contributed by atoms with Gasteiger partial charge in [0.15, 0.2) is 0 Å². The first-order chi connectivity index (χ1) is 10.6. The van der Waals surface area contributed by atoms with E-state index >= 15 is 0 Å². The van der Waals surface area contributed by atoms with Crippen molar-refractivity contribution in [3.8, 4) is 0 Å². The molecule has 2 unspecified atom stereocenters. The summed E-state index contributed by atoms with van der Waals surface area (Å²) in [6.45, 7) is 1.39. The molecule has 0 fully saturated rings. The minimum absolute atomic E-state index is 0.117. The number of aliphatic carboxylic acids is 2. The number of hydrogen-bond acceptors (Lipinski definition) is 4. The van der Waals surface area contributed by atoms with E-state index in [9.17, 15) is 34.3 Å². The van der Waals surface area contributed by atoms with Gasteiger partial charge in [0, 0.05) is 11.6 Å². The lowest BCUT2D eigenvalue weighted by molar-refractivity contribution is -0.385. The summed E-state index contributed by atoms with van der Waals surface area (Å²) in [5, 5.41) is 29.6. The molecule has 1 aliphatic carbocycles. The molecule has 0 radical (unpaired) electrons. The number of carboxylic acids is 2. The van der Waals surface area contributed by atoms with Crippen LogP contribution in [0.15, 0.2) is 30.4 Å². The summed E-state index contributed by atoms with van der Waals surface area (Å²) in [5.74, 6) is -3.65. The average Bonchev–Trinajstić information content (AvgIpc) is 2.46. The van der Waals surface area contributed by atoms with E-state index in [-0.39, 0.29) is 18.4 Å². The molecule has 0 aliphatic heterocycles. The van der Waals surface area contributed by atoms with Crippen molar-refractivity contribution in [2.24, 2.45) is 5.41 Å². The van der Waals surface area contributed by atoms with Gasteiger partial charge in [-0.3, -0.25) is 19.7 Å². The van der Waals surface area contributed by atoms with Crippen molar-refractivity contribution in [2.75, 3.05) is 0 Å². The number of carbonyl (C=O) groups is 2. The SMILES string of the molecule is CC1(C(=O)O)CC=CC(C(=O)O)(c2ccc([N+](=O)[O-])cc2F)C1. The van der Waals surface area contributed by atoms with E-state index in [0.717, 1.165) is 12.1 Å². The number of nitro groups is 1. The van der Waals surface area contributed by atoms with Gasteiger partial charge in [-0.2, -0.15) is 0 Å². The van der Waals surface area contributed by atoms with Crippen molar-refractivity contribution in [1.82, 2.24) is 0 Å². The second-order valence-electron chi connectivity index (χ2n) is 5.85. The maximum atomic E-state index is 14.3. The Balaban J connectivity index is 2.62. The fourth-order valence-corrected chi connectivity index (χ4v) is 2.86. The summed E-state index contributed by atoms with van der Waals surface area (Å²) in [7, 11) is 0. The van der Waals surface area contributed by atoms with Gasteiger partial charge in [-0.25, -0.2) is 4.39 Å². The van der Waals surface area contributed by atoms with E-state index in [1.807, 2.05) is 0 Å². The van der Waals surface area contributed by atoms with Crippen molar-refractivity contribution in [3.05, 3.63) is 51.8 Å². The summed E-state index contributed by atoms with van der Waals surface area (Å²) in [6.07, 6.45) is 2.42.